The number of anilines is 2. The molecule has 0 saturated heterocycles. The standard InChI is InChI=1S/C26H26F3N5O2/c1-15-7-10-22(21-6-4-3-5-20(15)21)34(14-18-9-8-17(12-31-18)26(27,28)29)25(36)24(35)33-19-11-16(2)23(30)32-13-19/h3-6,8-9,11-13,15,22H,7,10,14H2,1-2H3,(H2,30,32)(H,33,35)/t15-,22-/m1/s1. The molecule has 3 N–H and O–H groups in total. The molecular formula is C26H26F3N5O2. The Hall–Kier alpha value is -3.95. The van der Waals surface area contributed by atoms with Crippen molar-refractivity contribution in [3.8, 4) is 0 Å². The molecule has 1 aromatic carbocycles. The summed E-state index contributed by atoms with van der Waals surface area (Å²) in [5, 5.41) is 2.56. The molecule has 0 saturated carbocycles. The Bertz CT molecular complexity index is 1280. The maximum atomic E-state index is 13.5. The lowest BCUT2D eigenvalue weighted by Crippen LogP contribution is -2.43. The monoisotopic (exact) mass is 497 g/mol. The van der Waals surface area contributed by atoms with Gasteiger partial charge in [0.2, 0.25) is 0 Å². The van der Waals surface area contributed by atoms with Crippen molar-refractivity contribution >= 4 is 23.3 Å². The summed E-state index contributed by atoms with van der Waals surface area (Å²) < 4.78 is 39.0. The van der Waals surface area contributed by atoms with Crippen LogP contribution in [0.3, 0.4) is 0 Å². The molecule has 2 atom stereocenters. The normalized spacial score (nSPS) is 17.2. The van der Waals surface area contributed by atoms with Gasteiger partial charge >= 0.3 is 18.0 Å². The number of pyridine rings is 2. The zero-order valence-corrected chi connectivity index (χ0v) is 19.8. The van der Waals surface area contributed by atoms with Crippen LogP contribution in [0.1, 0.15) is 59.7 Å². The number of carbonyl (C=O) groups is 2. The molecule has 4 rings (SSSR count). The van der Waals surface area contributed by atoms with E-state index in [2.05, 4.69) is 22.2 Å². The number of halogens is 3. The first kappa shape index (κ1) is 25.2. The Morgan fingerprint density at radius 2 is 1.81 bits per heavy atom. The van der Waals surface area contributed by atoms with Gasteiger partial charge < -0.3 is 16.0 Å². The van der Waals surface area contributed by atoms with E-state index < -0.39 is 29.6 Å². The van der Waals surface area contributed by atoms with Crippen LogP contribution in [-0.4, -0.2) is 26.7 Å². The lowest BCUT2D eigenvalue weighted by atomic mass is 9.80. The van der Waals surface area contributed by atoms with Crippen LogP contribution in [0.5, 0.6) is 0 Å². The third kappa shape index (κ3) is 5.32. The molecule has 3 aromatic rings. The van der Waals surface area contributed by atoms with E-state index in [9.17, 15) is 22.8 Å². The lowest BCUT2D eigenvalue weighted by molar-refractivity contribution is -0.145. The number of aromatic nitrogens is 2. The molecule has 10 heteroatoms. The first-order valence-corrected chi connectivity index (χ1v) is 11.5. The predicted octanol–water partition coefficient (Wildman–Crippen LogP) is 4.99. The van der Waals surface area contributed by atoms with Crippen molar-refractivity contribution in [3.63, 3.8) is 0 Å². The summed E-state index contributed by atoms with van der Waals surface area (Å²) in [6, 6.07) is 11.0. The van der Waals surface area contributed by atoms with E-state index in [0.717, 1.165) is 29.8 Å². The summed E-state index contributed by atoms with van der Waals surface area (Å²) in [5.41, 5.74) is 8.02. The molecule has 7 nitrogen and oxygen atoms in total. The highest BCUT2D eigenvalue weighted by molar-refractivity contribution is 6.39. The summed E-state index contributed by atoms with van der Waals surface area (Å²) in [7, 11) is 0. The van der Waals surface area contributed by atoms with Crippen LogP contribution in [-0.2, 0) is 22.3 Å². The molecule has 36 heavy (non-hydrogen) atoms. The number of benzene rings is 1. The molecule has 1 aliphatic carbocycles. The topological polar surface area (TPSA) is 101 Å². The number of nitrogens with one attached hydrogen (secondary N) is 1. The number of amides is 2. The van der Waals surface area contributed by atoms with E-state index in [-0.39, 0.29) is 18.2 Å². The molecular weight excluding hydrogens is 471 g/mol. The molecule has 2 amide bonds. The Morgan fingerprint density at radius 1 is 1.08 bits per heavy atom. The quantitative estimate of drug-likeness (QED) is 0.495. The minimum absolute atomic E-state index is 0.128. The van der Waals surface area contributed by atoms with Crippen LogP contribution in [0, 0.1) is 6.92 Å². The maximum Gasteiger partial charge on any atom is 0.417 e. The summed E-state index contributed by atoms with van der Waals surface area (Å²) in [6.07, 6.45) is -1.05. The number of nitrogens with zero attached hydrogens (tertiary/aromatic N) is 3. The minimum Gasteiger partial charge on any atom is -0.383 e. The van der Waals surface area contributed by atoms with Gasteiger partial charge in [-0.3, -0.25) is 14.6 Å². The van der Waals surface area contributed by atoms with Gasteiger partial charge in [0.25, 0.3) is 0 Å². The fraction of sp³-hybridized carbons (Fsp3) is 0.308. The zero-order valence-electron chi connectivity index (χ0n) is 19.8. The van der Waals surface area contributed by atoms with Gasteiger partial charge in [-0.1, -0.05) is 31.2 Å². The highest BCUT2D eigenvalue weighted by atomic mass is 19.4. The molecule has 1 aliphatic rings. The second kappa shape index (κ2) is 9.96. The summed E-state index contributed by atoms with van der Waals surface area (Å²) in [5.74, 6) is -1.12. The second-order valence-corrected chi connectivity index (χ2v) is 8.97. The van der Waals surface area contributed by atoms with Gasteiger partial charge in [0.05, 0.1) is 35.7 Å². The molecule has 188 valence electrons. The van der Waals surface area contributed by atoms with Crippen molar-refractivity contribution in [1.29, 1.82) is 0 Å². The van der Waals surface area contributed by atoms with E-state index in [1.165, 1.54) is 17.2 Å². The lowest BCUT2D eigenvalue weighted by Gasteiger charge is -2.37. The van der Waals surface area contributed by atoms with Gasteiger partial charge in [0.1, 0.15) is 5.82 Å². The summed E-state index contributed by atoms with van der Waals surface area (Å²) in [6.45, 7) is 3.70. The SMILES string of the molecule is Cc1cc(NC(=O)C(=O)N(Cc2ccc(C(F)(F)F)cn2)[C@@H]2CC[C@@H](C)c3ccccc32)cnc1N. The van der Waals surface area contributed by atoms with Gasteiger partial charge in [-0.15, -0.1) is 0 Å². The third-order valence-corrected chi connectivity index (χ3v) is 6.45. The Morgan fingerprint density at radius 3 is 2.44 bits per heavy atom. The van der Waals surface area contributed by atoms with Crippen molar-refractivity contribution in [2.75, 3.05) is 11.1 Å². The van der Waals surface area contributed by atoms with Gasteiger partial charge in [0, 0.05) is 6.20 Å². The average molecular weight is 498 g/mol. The van der Waals surface area contributed by atoms with Crippen molar-refractivity contribution in [1.82, 2.24) is 14.9 Å². The first-order valence-electron chi connectivity index (χ1n) is 11.5. The van der Waals surface area contributed by atoms with E-state index in [1.54, 1.807) is 13.0 Å². The van der Waals surface area contributed by atoms with E-state index in [0.29, 0.717) is 23.5 Å². The number of hydrogen-bond donors (Lipinski definition) is 2. The Labute approximate surface area is 206 Å². The van der Waals surface area contributed by atoms with Crippen molar-refractivity contribution in [3.05, 3.63) is 82.8 Å². The summed E-state index contributed by atoms with van der Waals surface area (Å²) in [4.78, 5) is 35.8. The molecule has 2 aromatic heterocycles. The van der Waals surface area contributed by atoms with Gasteiger partial charge in [-0.25, -0.2) is 4.98 Å². The van der Waals surface area contributed by atoms with Crippen LogP contribution < -0.4 is 11.1 Å². The highest BCUT2D eigenvalue weighted by Crippen LogP contribution is 2.41. The number of nitrogen functional groups attached to an aromatic ring is 1. The molecule has 2 heterocycles. The summed E-state index contributed by atoms with van der Waals surface area (Å²) >= 11 is 0. The van der Waals surface area contributed by atoms with Crippen LogP contribution in [0.4, 0.5) is 24.7 Å². The molecule has 0 spiro atoms. The zero-order chi connectivity index (χ0) is 26.0. The Balaban J connectivity index is 1.66. The fourth-order valence-corrected chi connectivity index (χ4v) is 4.46. The van der Waals surface area contributed by atoms with Crippen molar-refractivity contribution in [2.45, 2.75) is 51.4 Å². The molecule has 0 radical (unpaired) electrons. The van der Waals surface area contributed by atoms with Crippen molar-refractivity contribution in [2.24, 2.45) is 0 Å². The molecule has 0 aliphatic heterocycles. The van der Waals surface area contributed by atoms with Crippen molar-refractivity contribution < 1.29 is 22.8 Å². The molecule has 0 fully saturated rings. The minimum atomic E-state index is -4.52. The van der Waals surface area contributed by atoms with Crippen LogP contribution in [0.15, 0.2) is 54.9 Å². The molecule has 0 unspecified atom stereocenters. The van der Waals surface area contributed by atoms with Gasteiger partial charge in [0.15, 0.2) is 0 Å². The number of alkyl halides is 3. The number of nitrogens with two attached hydrogens (primary N) is 1. The number of carbonyl (C=O) groups excluding carboxylic acids is 2. The van der Waals surface area contributed by atoms with Crippen LogP contribution in [0.25, 0.3) is 0 Å². The fourth-order valence-electron chi connectivity index (χ4n) is 4.46. The van der Waals surface area contributed by atoms with Gasteiger partial charge in [-0.2, -0.15) is 13.2 Å². The highest BCUT2D eigenvalue weighted by Gasteiger charge is 2.35. The predicted molar refractivity (Wildman–Crippen MR) is 129 cm³/mol. The van der Waals surface area contributed by atoms with E-state index in [4.69, 9.17) is 5.73 Å². The van der Waals surface area contributed by atoms with E-state index in [1.807, 2.05) is 24.3 Å². The van der Waals surface area contributed by atoms with E-state index >= 15 is 0 Å². The second-order valence-electron chi connectivity index (χ2n) is 8.97. The number of rotatable bonds is 4. The number of hydrogen-bond acceptors (Lipinski definition) is 5. The first-order chi connectivity index (χ1) is 17.0. The third-order valence-electron chi connectivity index (χ3n) is 6.45. The Kier molecular flexibility index (Phi) is 6.96. The number of fused-ring (bicyclic) bond motifs is 1. The smallest absolute Gasteiger partial charge is 0.383 e. The average Bonchev–Trinajstić information content (AvgIpc) is 2.85. The number of aryl methyl sites for hydroxylation is 1. The van der Waals surface area contributed by atoms with Crippen LogP contribution in [0.2, 0.25) is 0 Å². The molecule has 0 bridgehead atoms. The maximum absolute atomic E-state index is 13.5. The van der Waals surface area contributed by atoms with Crippen LogP contribution >= 0.6 is 0 Å². The largest absolute Gasteiger partial charge is 0.417 e. The van der Waals surface area contributed by atoms with Gasteiger partial charge in [-0.05, 0) is 60.6 Å².